The van der Waals surface area contributed by atoms with Gasteiger partial charge >= 0.3 is 5.97 Å². The molecule has 2 aromatic rings. The number of carboxylic acid groups (broad SMARTS) is 1. The van der Waals surface area contributed by atoms with Gasteiger partial charge in [-0.25, -0.2) is 9.78 Å². The van der Waals surface area contributed by atoms with Crippen molar-refractivity contribution >= 4 is 33.5 Å². The molecule has 1 unspecified atom stereocenters. The van der Waals surface area contributed by atoms with Crippen molar-refractivity contribution in [2.75, 3.05) is 6.54 Å². The van der Waals surface area contributed by atoms with Crippen molar-refractivity contribution in [2.24, 2.45) is 0 Å². The van der Waals surface area contributed by atoms with Gasteiger partial charge in [-0.1, -0.05) is 6.92 Å². The summed E-state index contributed by atoms with van der Waals surface area (Å²) in [5.74, 6) is -1.20. The zero-order valence-corrected chi connectivity index (χ0v) is 13.7. The van der Waals surface area contributed by atoms with Gasteiger partial charge in [0.05, 0.1) is 5.69 Å². The molecule has 1 saturated heterocycles. The van der Waals surface area contributed by atoms with E-state index in [0.717, 1.165) is 4.47 Å². The number of hydrogen-bond donors (Lipinski definition) is 1. The molecule has 22 heavy (non-hydrogen) atoms. The number of amides is 1. The number of carboxylic acids is 1. The first-order valence-electron chi connectivity index (χ1n) is 7.23. The molecule has 1 aliphatic rings. The van der Waals surface area contributed by atoms with E-state index in [1.54, 1.807) is 10.6 Å². The predicted molar refractivity (Wildman–Crippen MR) is 84.0 cm³/mol. The first kappa shape index (κ1) is 15.0. The molecular weight excluding hydrogens is 350 g/mol. The van der Waals surface area contributed by atoms with E-state index in [2.05, 4.69) is 20.9 Å². The van der Waals surface area contributed by atoms with Crippen LogP contribution in [0.25, 0.3) is 5.65 Å². The highest BCUT2D eigenvalue weighted by Crippen LogP contribution is 2.24. The minimum Gasteiger partial charge on any atom is -0.480 e. The molecule has 6 nitrogen and oxygen atoms in total. The highest BCUT2D eigenvalue weighted by atomic mass is 79.9. The molecule has 0 saturated carbocycles. The number of rotatable bonds is 3. The molecule has 2 aromatic heterocycles. The number of fused-ring (bicyclic) bond motifs is 1. The number of aryl methyl sites for hydroxylation is 1. The summed E-state index contributed by atoms with van der Waals surface area (Å²) < 4.78 is 2.58. The number of aromatic nitrogens is 2. The second kappa shape index (κ2) is 5.72. The van der Waals surface area contributed by atoms with Crippen molar-refractivity contribution in [2.45, 2.75) is 32.2 Å². The largest absolute Gasteiger partial charge is 0.480 e. The molecule has 1 atom stereocenters. The van der Waals surface area contributed by atoms with Gasteiger partial charge in [0, 0.05) is 17.2 Å². The molecule has 3 rings (SSSR count). The van der Waals surface area contributed by atoms with Gasteiger partial charge in [-0.05, 0) is 47.3 Å². The Morgan fingerprint density at radius 3 is 2.91 bits per heavy atom. The van der Waals surface area contributed by atoms with E-state index >= 15 is 0 Å². The van der Waals surface area contributed by atoms with Gasteiger partial charge in [0.1, 0.15) is 17.4 Å². The predicted octanol–water partition coefficient (Wildman–Crippen LogP) is 2.35. The molecule has 7 heteroatoms. The third-order valence-electron chi connectivity index (χ3n) is 3.99. The molecular formula is C15H16BrN3O3. The summed E-state index contributed by atoms with van der Waals surface area (Å²) in [4.78, 5) is 30.2. The number of hydrogen-bond acceptors (Lipinski definition) is 3. The third-order valence-corrected chi connectivity index (χ3v) is 4.46. The molecule has 0 spiro atoms. The maximum atomic E-state index is 12.9. The van der Waals surface area contributed by atoms with Crippen LogP contribution in [0.3, 0.4) is 0 Å². The summed E-state index contributed by atoms with van der Waals surface area (Å²) in [6.45, 7) is 2.41. The van der Waals surface area contributed by atoms with Crippen LogP contribution in [-0.4, -0.2) is 43.9 Å². The number of nitrogens with zero attached hydrogens (tertiary/aromatic N) is 3. The zero-order valence-electron chi connectivity index (χ0n) is 12.1. The Kier molecular flexibility index (Phi) is 3.90. The van der Waals surface area contributed by atoms with E-state index in [0.29, 0.717) is 42.8 Å². The van der Waals surface area contributed by atoms with Gasteiger partial charge in [-0.15, -0.1) is 0 Å². The van der Waals surface area contributed by atoms with Gasteiger partial charge in [-0.3, -0.25) is 9.20 Å². The van der Waals surface area contributed by atoms with Crippen molar-refractivity contribution < 1.29 is 14.7 Å². The highest BCUT2D eigenvalue weighted by molar-refractivity contribution is 9.10. The quantitative estimate of drug-likeness (QED) is 0.905. The summed E-state index contributed by atoms with van der Waals surface area (Å²) in [5.41, 5.74) is 1.85. The number of aliphatic carboxylic acids is 1. The molecule has 116 valence electrons. The molecule has 1 amide bonds. The van der Waals surface area contributed by atoms with Crippen molar-refractivity contribution in [3.8, 4) is 0 Å². The highest BCUT2D eigenvalue weighted by Gasteiger charge is 2.36. The number of pyridine rings is 1. The zero-order chi connectivity index (χ0) is 15.9. The summed E-state index contributed by atoms with van der Waals surface area (Å²) >= 11 is 3.40. The number of carbonyl (C=O) groups is 2. The maximum Gasteiger partial charge on any atom is 0.326 e. The van der Waals surface area contributed by atoms with Crippen LogP contribution in [0.1, 0.15) is 35.9 Å². The molecule has 1 fully saturated rings. The maximum absolute atomic E-state index is 12.9. The summed E-state index contributed by atoms with van der Waals surface area (Å²) in [6, 6.07) is 2.96. The minimum atomic E-state index is -0.945. The van der Waals surface area contributed by atoms with E-state index in [9.17, 15) is 14.7 Å². The molecule has 0 bridgehead atoms. The third kappa shape index (κ3) is 2.39. The van der Waals surface area contributed by atoms with Crippen molar-refractivity contribution in [3.63, 3.8) is 0 Å². The fraction of sp³-hybridized carbons (Fsp3) is 0.400. The lowest BCUT2D eigenvalue weighted by Crippen LogP contribution is -2.41. The van der Waals surface area contributed by atoms with E-state index in [-0.39, 0.29) is 5.91 Å². The molecule has 1 N–H and O–H groups in total. The Hall–Kier alpha value is -1.89. The lowest BCUT2D eigenvalue weighted by Gasteiger charge is -2.21. The van der Waals surface area contributed by atoms with Crippen LogP contribution in [0.4, 0.5) is 0 Å². The van der Waals surface area contributed by atoms with Crippen LogP contribution in [0.5, 0.6) is 0 Å². The van der Waals surface area contributed by atoms with Crippen LogP contribution in [-0.2, 0) is 11.2 Å². The fourth-order valence-corrected chi connectivity index (χ4v) is 3.28. The second-order valence-electron chi connectivity index (χ2n) is 5.33. The lowest BCUT2D eigenvalue weighted by molar-refractivity contribution is -0.141. The molecule has 1 aliphatic heterocycles. The normalized spacial score (nSPS) is 18.1. The van der Waals surface area contributed by atoms with E-state index < -0.39 is 12.0 Å². The molecule has 0 aliphatic carbocycles. The van der Waals surface area contributed by atoms with E-state index in [1.165, 1.54) is 4.90 Å². The first-order valence-corrected chi connectivity index (χ1v) is 8.02. The lowest BCUT2D eigenvalue weighted by atomic mass is 10.2. The minimum absolute atomic E-state index is 0.257. The standard InChI is InChI=1S/C15H16BrN3O3/c1-2-10-13(19-8-9(16)5-6-12(19)17-10)14(20)18-7-3-4-11(18)15(21)22/h5-6,8,11H,2-4,7H2,1H3,(H,21,22). The molecule has 0 aromatic carbocycles. The Morgan fingerprint density at radius 2 is 2.23 bits per heavy atom. The first-order chi connectivity index (χ1) is 10.5. The summed E-state index contributed by atoms with van der Waals surface area (Å²) in [5, 5.41) is 9.29. The number of carbonyl (C=O) groups excluding carboxylic acids is 1. The summed E-state index contributed by atoms with van der Waals surface area (Å²) in [6.07, 6.45) is 3.63. The van der Waals surface area contributed by atoms with Gasteiger partial charge in [0.2, 0.25) is 0 Å². The Morgan fingerprint density at radius 1 is 1.45 bits per heavy atom. The topological polar surface area (TPSA) is 74.9 Å². The van der Waals surface area contributed by atoms with Crippen LogP contribution in [0.15, 0.2) is 22.8 Å². The van der Waals surface area contributed by atoms with E-state index in [4.69, 9.17) is 0 Å². The van der Waals surface area contributed by atoms with Gasteiger partial charge in [0.25, 0.3) is 5.91 Å². The molecule has 0 radical (unpaired) electrons. The number of likely N-dealkylation sites (tertiary alicyclic amines) is 1. The summed E-state index contributed by atoms with van der Waals surface area (Å²) in [7, 11) is 0. The van der Waals surface area contributed by atoms with Gasteiger partial charge in [0.15, 0.2) is 0 Å². The number of imidazole rings is 1. The van der Waals surface area contributed by atoms with Crippen LogP contribution < -0.4 is 0 Å². The van der Waals surface area contributed by atoms with Crippen molar-refractivity contribution in [1.82, 2.24) is 14.3 Å². The SMILES string of the molecule is CCc1nc2ccc(Br)cn2c1C(=O)N1CCCC1C(=O)O. The average Bonchev–Trinajstić information content (AvgIpc) is 3.10. The fourth-order valence-electron chi connectivity index (χ4n) is 2.94. The monoisotopic (exact) mass is 365 g/mol. The van der Waals surface area contributed by atoms with Crippen LogP contribution in [0, 0.1) is 0 Å². The van der Waals surface area contributed by atoms with Gasteiger partial charge < -0.3 is 10.0 Å². The van der Waals surface area contributed by atoms with Crippen molar-refractivity contribution in [3.05, 3.63) is 34.2 Å². The Bertz CT molecular complexity index is 756. The van der Waals surface area contributed by atoms with Crippen molar-refractivity contribution in [1.29, 1.82) is 0 Å². The smallest absolute Gasteiger partial charge is 0.326 e. The second-order valence-corrected chi connectivity index (χ2v) is 6.25. The van der Waals surface area contributed by atoms with Crippen LogP contribution in [0.2, 0.25) is 0 Å². The number of halogens is 1. The Balaban J connectivity index is 2.10. The Labute approximate surface area is 135 Å². The van der Waals surface area contributed by atoms with E-state index in [1.807, 2.05) is 19.1 Å². The van der Waals surface area contributed by atoms with Gasteiger partial charge in [-0.2, -0.15) is 0 Å². The average molecular weight is 366 g/mol. The molecule has 3 heterocycles. The van der Waals surface area contributed by atoms with Crippen LogP contribution >= 0.6 is 15.9 Å².